The number of aromatic nitrogens is 2. The van der Waals surface area contributed by atoms with Crippen LogP contribution in [-0.2, 0) is 6.54 Å². The SMILES string of the molecule is CC(O)CCCCCCCCCCCn1ccnc1. The van der Waals surface area contributed by atoms with E-state index in [9.17, 15) is 0 Å². The minimum atomic E-state index is -0.115. The van der Waals surface area contributed by atoms with Gasteiger partial charge in [0.05, 0.1) is 12.4 Å². The van der Waals surface area contributed by atoms with Gasteiger partial charge in [-0.25, -0.2) is 4.98 Å². The number of aryl methyl sites for hydroxylation is 1. The Kier molecular flexibility index (Phi) is 9.42. The summed E-state index contributed by atoms with van der Waals surface area (Å²) < 4.78 is 2.15. The second-order valence-corrected chi connectivity index (χ2v) is 5.62. The predicted molar refractivity (Wildman–Crippen MR) is 80.1 cm³/mol. The van der Waals surface area contributed by atoms with E-state index in [1.807, 2.05) is 25.6 Å². The van der Waals surface area contributed by atoms with Crippen LogP contribution in [0.2, 0.25) is 0 Å². The van der Waals surface area contributed by atoms with Crippen LogP contribution >= 0.6 is 0 Å². The lowest BCUT2D eigenvalue weighted by Gasteiger charge is -2.04. The Bertz CT molecular complexity index is 283. The summed E-state index contributed by atoms with van der Waals surface area (Å²) in [6, 6.07) is 0. The molecule has 0 aliphatic heterocycles. The Hall–Kier alpha value is -0.830. The summed E-state index contributed by atoms with van der Waals surface area (Å²) in [6.45, 7) is 2.99. The molecular weight excluding hydrogens is 236 g/mol. The first-order valence-corrected chi connectivity index (χ1v) is 7.93. The van der Waals surface area contributed by atoms with Crippen LogP contribution in [-0.4, -0.2) is 20.8 Å². The van der Waals surface area contributed by atoms with Gasteiger partial charge in [-0.2, -0.15) is 0 Å². The highest BCUT2D eigenvalue weighted by Gasteiger charge is 1.96. The number of hydrogen-bond donors (Lipinski definition) is 1. The molecule has 1 N–H and O–H groups in total. The average molecular weight is 266 g/mol. The van der Waals surface area contributed by atoms with Gasteiger partial charge in [0.2, 0.25) is 0 Å². The summed E-state index contributed by atoms with van der Waals surface area (Å²) in [5.41, 5.74) is 0. The zero-order valence-electron chi connectivity index (χ0n) is 12.4. The summed E-state index contributed by atoms with van der Waals surface area (Å²) in [5, 5.41) is 9.14. The van der Waals surface area contributed by atoms with Gasteiger partial charge in [-0.15, -0.1) is 0 Å². The second-order valence-electron chi connectivity index (χ2n) is 5.62. The van der Waals surface area contributed by atoms with Crippen molar-refractivity contribution >= 4 is 0 Å². The molecule has 0 bridgehead atoms. The molecule has 0 saturated heterocycles. The minimum Gasteiger partial charge on any atom is -0.393 e. The normalized spacial score (nSPS) is 12.7. The Morgan fingerprint density at radius 2 is 1.53 bits per heavy atom. The number of aliphatic hydroxyl groups excluding tert-OH is 1. The fourth-order valence-electron chi connectivity index (χ4n) is 2.39. The first-order valence-electron chi connectivity index (χ1n) is 7.93. The largest absolute Gasteiger partial charge is 0.393 e. The van der Waals surface area contributed by atoms with E-state index in [0.717, 1.165) is 13.0 Å². The van der Waals surface area contributed by atoms with E-state index in [1.54, 1.807) is 0 Å². The van der Waals surface area contributed by atoms with Gasteiger partial charge >= 0.3 is 0 Å². The topological polar surface area (TPSA) is 38.0 Å². The van der Waals surface area contributed by atoms with E-state index >= 15 is 0 Å². The number of aliphatic hydroxyl groups is 1. The summed E-state index contributed by atoms with van der Waals surface area (Å²) in [4.78, 5) is 4.04. The number of hydrogen-bond acceptors (Lipinski definition) is 2. The summed E-state index contributed by atoms with van der Waals surface area (Å²) in [7, 11) is 0. The zero-order chi connectivity index (χ0) is 13.8. The van der Waals surface area contributed by atoms with Gasteiger partial charge in [0, 0.05) is 18.9 Å². The highest BCUT2D eigenvalue weighted by Crippen LogP contribution is 2.11. The van der Waals surface area contributed by atoms with Crippen molar-refractivity contribution in [3.8, 4) is 0 Å². The molecule has 110 valence electrons. The Morgan fingerprint density at radius 3 is 2.05 bits per heavy atom. The van der Waals surface area contributed by atoms with Crippen LogP contribution in [0.15, 0.2) is 18.7 Å². The fourth-order valence-corrected chi connectivity index (χ4v) is 2.39. The third-order valence-electron chi connectivity index (χ3n) is 3.60. The third kappa shape index (κ3) is 9.71. The number of unbranched alkanes of at least 4 members (excludes halogenated alkanes) is 8. The molecule has 1 aromatic rings. The van der Waals surface area contributed by atoms with E-state index in [2.05, 4.69) is 9.55 Å². The van der Waals surface area contributed by atoms with Crippen LogP contribution in [0.4, 0.5) is 0 Å². The maximum Gasteiger partial charge on any atom is 0.0945 e. The lowest BCUT2D eigenvalue weighted by molar-refractivity contribution is 0.180. The smallest absolute Gasteiger partial charge is 0.0945 e. The molecule has 1 atom stereocenters. The van der Waals surface area contributed by atoms with Crippen molar-refractivity contribution in [1.29, 1.82) is 0 Å². The van der Waals surface area contributed by atoms with Gasteiger partial charge < -0.3 is 9.67 Å². The van der Waals surface area contributed by atoms with Gasteiger partial charge in [0.1, 0.15) is 0 Å². The highest BCUT2D eigenvalue weighted by atomic mass is 16.3. The molecule has 0 radical (unpaired) electrons. The Labute approximate surface area is 118 Å². The molecule has 1 aromatic heterocycles. The Balaban J connectivity index is 1.74. The third-order valence-corrected chi connectivity index (χ3v) is 3.60. The van der Waals surface area contributed by atoms with Crippen LogP contribution in [0.5, 0.6) is 0 Å². The zero-order valence-corrected chi connectivity index (χ0v) is 12.4. The predicted octanol–water partition coefficient (Wildman–Crippen LogP) is 4.16. The first kappa shape index (κ1) is 16.2. The van der Waals surface area contributed by atoms with E-state index in [1.165, 1.54) is 57.8 Å². The van der Waals surface area contributed by atoms with Crippen LogP contribution < -0.4 is 0 Å². The van der Waals surface area contributed by atoms with E-state index < -0.39 is 0 Å². The first-order chi connectivity index (χ1) is 9.29. The molecule has 0 aromatic carbocycles. The number of nitrogens with zero attached hydrogens (tertiary/aromatic N) is 2. The van der Waals surface area contributed by atoms with Gasteiger partial charge in [-0.1, -0.05) is 51.4 Å². The van der Waals surface area contributed by atoms with Gasteiger partial charge in [-0.3, -0.25) is 0 Å². The standard InChI is InChI=1S/C16H30N2O/c1-16(19)11-9-7-5-3-2-4-6-8-10-13-18-14-12-17-15-18/h12,14-16,19H,2-11,13H2,1H3. The van der Waals surface area contributed by atoms with E-state index in [-0.39, 0.29) is 6.10 Å². The van der Waals surface area contributed by atoms with E-state index in [0.29, 0.717) is 0 Å². The molecule has 3 nitrogen and oxygen atoms in total. The van der Waals surface area contributed by atoms with Crippen molar-refractivity contribution in [2.45, 2.75) is 83.8 Å². The van der Waals surface area contributed by atoms with Gasteiger partial charge in [0.15, 0.2) is 0 Å². The highest BCUT2D eigenvalue weighted by molar-refractivity contribution is 4.73. The molecule has 0 saturated carbocycles. The molecule has 0 amide bonds. The molecule has 1 rings (SSSR count). The molecule has 0 fully saturated rings. The van der Waals surface area contributed by atoms with Gasteiger partial charge in [0.25, 0.3) is 0 Å². The van der Waals surface area contributed by atoms with Crippen molar-refractivity contribution in [2.24, 2.45) is 0 Å². The molecule has 0 spiro atoms. The van der Waals surface area contributed by atoms with Crippen molar-refractivity contribution < 1.29 is 5.11 Å². The summed E-state index contributed by atoms with van der Waals surface area (Å²) in [5.74, 6) is 0. The minimum absolute atomic E-state index is 0.115. The quantitative estimate of drug-likeness (QED) is 0.577. The maximum atomic E-state index is 9.14. The lowest BCUT2D eigenvalue weighted by Crippen LogP contribution is -1.98. The van der Waals surface area contributed by atoms with Crippen molar-refractivity contribution in [3.63, 3.8) is 0 Å². The van der Waals surface area contributed by atoms with Crippen LogP contribution in [0, 0.1) is 0 Å². The van der Waals surface area contributed by atoms with Crippen LogP contribution in [0.1, 0.15) is 71.1 Å². The molecule has 1 unspecified atom stereocenters. The monoisotopic (exact) mass is 266 g/mol. The number of imidazole rings is 1. The molecule has 1 heterocycles. The van der Waals surface area contributed by atoms with E-state index in [4.69, 9.17) is 5.11 Å². The summed E-state index contributed by atoms with van der Waals surface area (Å²) in [6.07, 6.45) is 18.5. The van der Waals surface area contributed by atoms with Crippen molar-refractivity contribution in [2.75, 3.05) is 0 Å². The molecule has 19 heavy (non-hydrogen) atoms. The summed E-state index contributed by atoms with van der Waals surface area (Å²) >= 11 is 0. The van der Waals surface area contributed by atoms with Crippen LogP contribution in [0.25, 0.3) is 0 Å². The molecule has 0 aliphatic carbocycles. The maximum absolute atomic E-state index is 9.14. The van der Waals surface area contributed by atoms with Crippen LogP contribution in [0.3, 0.4) is 0 Å². The molecular formula is C16H30N2O. The Morgan fingerprint density at radius 1 is 0.947 bits per heavy atom. The fraction of sp³-hybridized carbons (Fsp3) is 0.812. The van der Waals surface area contributed by atoms with Crippen molar-refractivity contribution in [1.82, 2.24) is 9.55 Å². The lowest BCUT2D eigenvalue weighted by atomic mass is 10.1. The van der Waals surface area contributed by atoms with Crippen molar-refractivity contribution in [3.05, 3.63) is 18.7 Å². The van der Waals surface area contributed by atoms with Gasteiger partial charge in [-0.05, 0) is 19.8 Å². The molecule has 3 heteroatoms. The number of rotatable bonds is 12. The second kappa shape index (κ2) is 11.0. The molecule has 0 aliphatic rings. The average Bonchev–Trinajstić information content (AvgIpc) is 2.88.